The first-order chi connectivity index (χ1) is 5.18. The van der Waals surface area contributed by atoms with Gasteiger partial charge in [0.15, 0.2) is 0 Å². The minimum absolute atomic E-state index is 0.572. The fourth-order valence-electron chi connectivity index (χ4n) is 0.808. The highest BCUT2D eigenvalue weighted by Gasteiger charge is 1.99. The quantitative estimate of drug-likeness (QED) is 0.490. The van der Waals surface area contributed by atoms with Crippen LogP contribution in [0.15, 0.2) is 29.2 Å². The molecule has 0 aromatic heterocycles. The minimum atomic E-state index is -0.572. The van der Waals surface area contributed by atoms with Gasteiger partial charge in [-0.05, 0) is 26.0 Å². The molecule has 0 aliphatic carbocycles. The van der Waals surface area contributed by atoms with Crippen molar-refractivity contribution in [3.05, 3.63) is 29.8 Å². The highest BCUT2D eigenvalue weighted by atomic mass is 32.2. The first-order valence-corrected chi connectivity index (χ1v) is 4.45. The molecule has 1 radical (unpaired) electrons. The van der Waals surface area contributed by atoms with Crippen LogP contribution in [-0.2, 0) is 5.11 Å². The summed E-state index contributed by atoms with van der Waals surface area (Å²) in [5, 5.41) is 10.7. The van der Waals surface area contributed by atoms with Crippen molar-refractivity contribution in [1.29, 1.82) is 0 Å². The summed E-state index contributed by atoms with van der Waals surface area (Å²) >= 11 is 1.35. The first kappa shape index (κ1) is 8.62. The van der Waals surface area contributed by atoms with E-state index in [2.05, 4.69) is 0 Å². The Labute approximate surface area is 71.4 Å². The predicted octanol–water partition coefficient (Wildman–Crippen LogP) is 2.86. The Morgan fingerprint density at radius 3 is 2.27 bits per heavy atom. The summed E-state index contributed by atoms with van der Waals surface area (Å²) in [6, 6.07) is 8.00. The maximum Gasteiger partial charge on any atom is 0.140 e. The highest BCUT2D eigenvalue weighted by Crippen LogP contribution is 2.21. The fraction of sp³-hybridized carbons (Fsp3) is 0.333. The summed E-state index contributed by atoms with van der Waals surface area (Å²) in [5.74, 6) is 0. The van der Waals surface area contributed by atoms with Gasteiger partial charge in [0.2, 0.25) is 0 Å². The van der Waals surface area contributed by atoms with Gasteiger partial charge in [-0.15, -0.1) is 0 Å². The monoisotopic (exact) mass is 167 g/mol. The summed E-state index contributed by atoms with van der Waals surface area (Å²) in [4.78, 5) is 1.05. The summed E-state index contributed by atoms with van der Waals surface area (Å²) in [7, 11) is 0. The zero-order valence-corrected chi connectivity index (χ0v) is 7.52. The van der Waals surface area contributed by atoms with E-state index < -0.39 is 5.44 Å². The lowest BCUT2D eigenvalue weighted by molar-refractivity contribution is 0.181. The maximum absolute atomic E-state index is 10.7. The zero-order chi connectivity index (χ0) is 8.27. The second-order valence-electron chi connectivity index (χ2n) is 2.50. The topological polar surface area (TPSA) is 19.9 Å². The molecule has 1 nitrogen and oxygen atoms in total. The van der Waals surface area contributed by atoms with Crippen molar-refractivity contribution in [3.8, 4) is 0 Å². The normalized spacial score (nSPS) is 13.0. The third-order valence-electron chi connectivity index (χ3n) is 1.32. The lowest BCUT2D eigenvalue weighted by atomic mass is 10.2. The van der Waals surface area contributed by atoms with Crippen molar-refractivity contribution in [2.75, 3.05) is 0 Å². The minimum Gasteiger partial charge on any atom is -0.221 e. The average molecular weight is 167 g/mol. The summed E-state index contributed by atoms with van der Waals surface area (Å²) < 4.78 is 0. The van der Waals surface area contributed by atoms with Crippen molar-refractivity contribution < 1.29 is 5.11 Å². The highest BCUT2D eigenvalue weighted by molar-refractivity contribution is 7.99. The van der Waals surface area contributed by atoms with Crippen molar-refractivity contribution in [2.45, 2.75) is 24.2 Å². The van der Waals surface area contributed by atoms with Gasteiger partial charge < -0.3 is 0 Å². The van der Waals surface area contributed by atoms with E-state index in [9.17, 15) is 5.11 Å². The molecular weight excluding hydrogens is 156 g/mol. The molecule has 1 aromatic carbocycles. The summed E-state index contributed by atoms with van der Waals surface area (Å²) in [5.41, 5.74) is 0.658. The van der Waals surface area contributed by atoms with Gasteiger partial charge in [0.05, 0.1) is 0 Å². The van der Waals surface area contributed by atoms with E-state index in [4.69, 9.17) is 0 Å². The molecule has 1 aromatic rings. The van der Waals surface area contributed by atoms with Gasteiger partial charge in [-0.2, -0.15) is 0 Å². The number of rotatable bonds is 2. The molecule has 11 heavy (non-hydrogen) atoms. The number of thioether (sulfide) groups is 1. The lowest BCUT2D eigenvalue weighted by Gasteiger charge is -2.01. The van der Waals surface area contributed by atoms with E-state index in [-0.39, 0.29) is 0 Å². The van der Waals surface area contributed by atoms with Crippen LogP contribution in [0.2, 0.25) is 0 Å². The van der Waals surface area contributed by atoms with Crippen molar-refractivity contribution in [3.63, 3.8) is 0 Å². The molecule has 2 heteroatoms. The number of hydrogen-bond acceptors (Lipinski definition) is 1. The molecule has 0 saturated heterocycles. The number of hydrogen-bond donors (Lipinski definition) is 0. The Bertz CT molecular complexity index is 216. The molecule has 0 heterocycles. The van der Waals surface area contributed by atoms with E-state index >= 15 is 0 Å². The molecular formula is C9H11OS. The Kier molecular flexibility index (Phi) is 2.97. The van der Waals surface area contributed by atoms with Gasteiger partial charge in [0.1, 0.15) is 5.44 Å². The zero-order valence-electron chi connectivity index (χ0n) is 6.70. The molecule has 0 spiro atoms. The maximum atomic E-state index is 10.7. The summed E-state index contributed by atoms with van der Waals surface area (Å²) in [6.45, 7) is 3.69. The Hall–Kier alpha value is -0.470. The van der Waals surface area contributed by atoms with Gasteiger partial charge in [0.25, 0.3) is 0 Å². The van der Waals surface area contributed by atoms with E-state index in [1.165, 1.54) is 17.3 Å². The van der Waals surface area contributed by atoms with Crippen LogP contribution in [0.25, 0.3) is 0 Å². The molecule has 1 unspecified atom stereocenters. The van der Waals surface area contributed by atoms with Crippen LogP contribution < -0.4 is 0 Å². The van der Waals surface area contributed by atoms with Gasteiger partial charge in [-0.25, -0.2) is 5.11 Å². The molecule has 1 atom stereocenters. The summed E-state index contributed by atoms with van der Waals surface area (Å²) in [6.07, 6.45) is 0. The average Bonchev–Trinajstić information content (AvgIpc) is 1.93. The molecule has 59 valence electrons. The molecule has 0 bridgehead atoms. The third-order valence-corrected chi connectivity index (χ3v) is 2.20. The van der Waals surface area contributed by atoms with Crippen LogP contribution in [0.1, 0.15) is 12.5 Å². The van der Waals surface area contributed by atoms with Gasteiger partial charge in [0, 0.05) is 4.90 Å². The van der Waals surface area contributed by atoms with E-state index in [0.29, 0.717) is 0 Å². The molecule has 0 fully saturated rings. The molecule has 0 aliphatic heterocycles. The van der Waals surface area contributed by atoms with Crippen molar-refractivity contribution in [1.82, 2.24) is 0 Å². The molecule has 0 amide bonds. The van der Waals surface area contributed by atoms with Crippen LogP contribution in [0.5, 0.6) is 0 Å². The van der Waals surface area contributed by atoms with E-state index in [1.807, 2.05) is 31.2 Å². The molecule has 0 saturated carbocycles. The standard InChI is InChI=1S/C9H11OS/c1-7-3-5-9(6-4-7)11-8(2)10/h3-6,8H,1-2H3. The van der Waals surface area contributed by atoms with Crippen LogP contribution in [-0.4, -0.2) is 5.44 Å². The van der Waals surface area contributed by atoms with Crippen molar-refractivity contribution in [2.24, 2.45) is 0 Å². The third kappa shape index (κ3) is 2.95. The SMILES string of the molecule is Cc1ccc(SC(C)[O])cc1. The van der Waals surface area contributed by atoms with Crippen LogP contribution >= 0.6 is 11.8 Å². The van der Waals surface area contributed by atoms with E-state index in [1.54, 1.807) is 6.92 Å². The first-order valence-electron chi connectivity index (χ1n) is 3.57. The molecule has 0 aliphatic rings. The predicted molar refractivity (Wildman–Crippen MR) is 47.2 cm³/mol. The van der Waals surface area contributed by atoms with Crippen LogP contribution in [0.3, 0.4) is 0 Å². The Morgan fingerprint density at radius 1 is 1.27 bits per heavy atom. The van der Waals surface area contributed by atoms with Gasteiger partial charge in [-0.1, -0.05) is 29.5 Å². The fourth-order valence-corrected chi connectivity index (χ4v) is 1.48. The van der Waals surface area contributed by atoms with Gasteiger partial charge in [-0.3, -0.25) is 0 Å². The second kappa shape index (κ2) is 3.79. The molecule has 0 N–H and O–H groups in total. The largest absolute Gasteiger partial charge is 0.221 e. The lowest BCUT2D eigenvalue weighted by Crippen LogP contribution is -1.87. The van der Waals surface area contributed by atoms with Crippen LogP contribution in [0.4, 0.5) is 0 Å². The van der Waals surface area contributed by atoms with E-state index in [0.717, 1.165) is 4.90 Å². The molecule has 1 rings (SSSR count). The number of benzene rings is 1. The smallest absolute Gasteiger partial charge is 0.140 e. The Balaban J connectivity index is 2.66. The Morgan fingerprint density at radius 2 is 1.82 bits per heavy atom. The second-order valence-corrected chi connectivity index (χ2v) is 3.87. The van der Waals surface area contributed by atoms with Crippen LogP contribution in [0, 0.1) is 6.92 Å². The number of aryl methyl sites for hydroxylation is 1. The van der Waals surface area contributed by atoms with Gasteiger partial charge >= 0.3 is 0 Å². The van der Waals surface area contributed by atoms with Crippen molar-refractivity contribution >= 4 is 11.8 Å².